The smallest absolute Gasteiger partial charge is 0.191 e. The Kier molecular flexibility index (Phi) is 11.2. The number of guanidine groups is 1. The number of ether oxygens (including phenoxy) is 1. The van der Waals surface area contributed by atoms with Gasteiger partial charge >= 0.3 is 0 Å². The van der Waals surface area contributed by atoms with Crippen LogP contribution in [0.4, 0.5) is 0 Å². The van der Waals surface area contributed by atoms with Crippen molar-refractivity contribution in [3.8, 4) is 0 Å². The molecule has 6 nitrogen and oxygen atoms in total. The van der Waals surface area contributed by atoms with E-state index >= 15 is 0 Å². The van der Waals surface area contributed by atoms with E-state index in [0.717, 1.165) is 44.5 Å². The van der Waals surface area contributed by atoms with Crippen LogP contribution in [0.1, 0.15) is 38.5 Å². The van der Waals surface area contributed by atoms with E-state index in [2.05, 4.69) is 40.4 Å². The predicted octanol–water partition coefficient (Wildman–Crippen LogP) is 2.87. The highest BCUT2D eigenvalue weighted by molar-refractivity contribution is 14.0. The van der Waals surface area contributed by atoms with E-state index in [-0.39, 0.29) is 30.0 Å². The van der Waals surface area contributed by atoms with Crippen LogP contribution in [0.25, 0.3) is 0 Å². The number of rotatable bonds is 9. The van der Waals surface area contributed by atoms with Gasteiger partial charge in [-0.2, -0.15) is 0 Å². The Morgan fingerprint density at radius 1 is 1.32 bits per heavy atom. The zero-order chi connectivity index (χ0) is 17.2. The normalized spacial score (nSPS) is 16.7. The quantitative estimate of drug-likeness (QED) is 0.255. The maximum atomic E-state index is 5.65. The molecule has 7 heteroatoms. The summed E-state index contributed by atoms with van der Waals surface area (Å²) in [6, 6.07) is 4.26. The summed E-state index contributed by atoms with van der Waals surface area (Å²) >= 11 is 0. The molecule has 1 aromatic heterocycles. The first-order chi connectivity index (χ1) is 11.7. The van der Waals surface area contributed by atoms with Crippen molar-refractivity contribution in [2.24, 2.45) is 10.9 Å². The summed E-state index contributed by atoms with van der Waals surface area (Å²) < 4.78 is 11.2. The van der Waals surface area contributed by atoms with Crippen LogP contribution in [0.15, 0.2) is 27.8 Å². The average molecular weight is 464 g/mol. The molecule has 0 aromatic carbocycles. The molecule has 1 fully saturated rings. The molecular formula is C18H33IN4O2. The lowest BCUT2D eigenvalue weighted by Gasteiger charge is -2.26. The molecule has 1 aliphatic heterocycles. The van der Waals surface area contributed by atoms with Crippen molar-refractivity contribution in [3.63, 3.8) is 0 Å². The monoisotopic (exact) mass is 464 g/mol. The number of aliphatic imine (C=N–C) groups is 1. The Hall–Kier alpha value is -0.800. The molecular weight excluding hydrogens is 431 g/mol. The zero-order valence-corrected chi connectivity index (χ0v) is 18.0. The van der Waals surface area contributed by atoms with Crippen molar-refractivity contribution in [1.82, 2.24) is 15.5 Å². The van der Waals surface area contributed by atoms with Crippen LogP contribution in [-0.4, -0.2) is 57.3 Å². The number of nitrogens with one attached hydrogen (secondary N) is 2. The summed E-state index contributed by atoms with van der Waals surface area (Å²) in [6.45, 7) is 9.57. The summed E-state index contributed by atoms with van der Waals surface area (Å²) in [5, 5.41) is 6.72. The first kappa shape index (κ1) is 22.2. The molecule has 2 rings (SSSR count). The van der Waals surface area contributed by atoms with E-state index in [1.807, 2.05) is 6.07 Å². The minimum Gasteiger partial charge on any atom is -0.468 e. The molecule has 1 unspecified atom stereocenters. The molecule has 0 spiro atoms. The van der Waals surface area contributed by atoms with Gasteiger partial charge in [-0.3, -0.25) is 9.89 Å². The second-order valence-corrected chi connectivity index (χ2v) is 6.62. The van der Waals surface area contributed by atoms with Crippen molar-refractivity contribution >= 4 is 29.9 Å². The van der Waals surface area contributed by atoms with Gasteiger partial charge in [-0.1, -0.05) is 13.8 Å². The SMILES string of the molecule is CN=C(NCCOCC(C)C)NCC(c1ccco1)N1CCCC1.I. The van der Waals surface area contributed by atoms with E-state index < -0.39 is 0 Å². The minimum absolute atomic E-state index is 0. The molecule has 1 aromatic rings. The highest BCUT2D eigenvalue weighted by Crippen LogP contribution is 2.24. The van der Waals surface area contributed by atoms with Crippen molar-refractivity contribution in [2.75, 3.05) is 46.4 Å². The summed E-state index contributed by atoms with van der Waals surface area (Å²) in [5.41, 5.74) is 0. The first-order valence-corrected chi connectivity index (χ1v) is 9.00. The van der Waals surface area contributed by atoms with Crippen LogP contribution < -0.4 is 10.6 Å². The number of hydrogen-bond acceptors (Lipinski definition) is 4. The van der Waals surface area contributed by atoms with Crippen molar-refractivity contribution < 1.29 is 9.15 Å². The second kappa shape index (κ2) is 12.5. The Morgan fingerprint density at radius 2 is 2.08 bits per heavy atom. The summed E-state index contributed by atoms with van der Waals surface area (Å²) in [7, 11) is 1.79. The van der Waals surface area contributed by atoms with Gasteiger partial charge in [0, 0.05) is 26.7 Å². The van der Waals surface area contributed by atoms with E-state index in [9.17, 15) is 0 Å². The number of nitrogens with zero attached hydrogens (tertiary/aromatic N) is 2. The van der Waals surface area contributed by atoms with Gasteiger partial charge in [0.1, 0.15) is 5.76 Å². The molecule has 0 bridgehead atoms. The molecule has 25 heavy (non-hydrogen) atoms. The molecule has 0 radical (unpaired) electrons. The Bertz CT molecular complexity index is 473. The fraction of sp³-hybridized carbons (Fsp3) is 0.722. The Labute approximate surface area is 168 Å². The molecule has 1 atom stereocenters. The standard InChI is InChI=1S/C18H32N4O2.HI/c1-15(2)14-23-12-8-20-18(19-3)21-13-16(17-7-6-11-24-17)22-9-4-5-10-22;/h6-7,11,15-16H,4-5,8-10,12-14H2,1-3H3,(H2,19,20,21);1H. The van der Waals surface area contributed by atoms with Gasteiger partial charge in [-0.15, -0.1) is 24.0 Å². The zero-order valence-electron chi connectivity index (χ0n) is 15.7. The summed E-state index contributed by atoms with van der Waals surface area (Å²) in [6.07, 6.45) is 4.27. The van der Waals surface area contributed by atoms with Crippen LogP contribution in [-0.2, 0) is 4.74 Å². The third-order valence-corrected chi connectivity index (χ3v) is 4.13. The van der Waals surface area contributed by atoms with E-state index in [0.29, 0.717) is 12.5 Å². The van der Waals surface area contributed by atoms with Gasteiger partial charge in [0.15, 0.2) is 5.96 Å². The molecule has 0 aliphatic carbocycles. The third-order valence-electron chi connectivity index (χ3n) is 4.13. The summed E-state index contributed by atoms with van der Waals surface area (Å²) in [4.78, 5) is 6.77. The first-order valence-electron chi connectivity index (χ1n) is 9.00. The molecule has 0 saturated carbocycles. The van der Waals surface area contributed by atoms with Crippen molar-refractivity contribution in [2.45, 2.75) is 32.7 Å². The maximum absolute atomic E-state index is 5.65. The lowest BCUT2D eigenvalue weighted by Crippen LogP contribution is -2.43. The van der Waals surface area contributed by atoms with Crippen LogP contribution in [0, 0.1) is 5.92 Å². The topological polar surface area (TPSA) is 62.0 Å². The highest BCUT2D eigenvalue weighted by Gasteiger charge is 2.25. The fourth-order valence-electron chi connectivity index (χ4n) is 2.92. The lowest BCUT2D eigenvalue weighted by atomic mass is 10.2. The van der Waals surface area contributed by atoms with Crippen LogP contribution in [0.2, 0.25) is 0 Å². The number of halogens is 1. The molecule has 1 aliphatic rings. The maximum Gasteiger partial charge on any atom is 0.191 e. The van der Waals surface area contributed by atoms with Gasteiger partial charge in [-0.05, 0) is 44.0 Å². The fourth-order valence-corrected chi connectivity index (χ4v) is 2.92. The summed E-state index contributed by atoms with van der Waals surface area (Å²) in [5.74, 6) is 2.39. The van der Waals surface area contributed by atoms with Gasteiger partial charge in [0.25, 0.3) is 0 Å². The molecule has 0 amide bonds. The van der Waals surface area contributed by atoms with Crippen molar-refractivity contribution in [1.29, 1.82) is 0 Å². The van der Waals surface area contributed by atoms with Crippen LogP contribution in [0.5, 0.6) is 0 Å². The molecule has 2 heterocycles. The van der Waals surface area contributed by atoms with Crippen LogP contribution >= 0.6 is 24.0 Å². The van der Waals surface area contributed by atoms with E-state index in [1.54, 1.807) is 13.3 Å². The molecule has 144 valence electrons. The number of furan rings is 1. The number of likely N-dealkylation sites (tertiary alicyclic amines) is 1. The van der Waals surface area contributed by atoms with Crippen LogP contribution in [0.3, 0.4) is 0 Å². The van der Waals surface area contributed by atoms with E-state index in [4.69, 9.17) is 9.15 Å². The average Bonchev–Trinajstić information content (AvgIpc) is 3.26. The van der Waals surface area contributed by atoms with Crippen molar-refractivity contribution in [3.05, 3.63) is 24.2 Å². The third kappa shape index (κ3) is 7.96. The largest absolute Gasteiger partial charge is 0.468 e. The highest BCUT2D eigenvalue weighted by atomic mass is 127. The Morgan fingerprint density at radius 3 is 2.68 bits per heavy atom. The lowest BCUT2D eigenvalue weighted by molar-refractivity contribution is 0.114. The number of hydrogen-bond donors (Lipinski definition) is 2. The minimum atomic E-state index is 0. The Balaban J connectivity index is 0.00000312. The second-order valence-electron chi connectivity index (χ2n) is 6.62. The molecule has 1 saturated heterocycles. The van der Waals surface area contributed by atoms with E-state index in [1.165, 1.54) is 12.8 Å². The van der Waals surface area contributed by atoms with Gasteiger partial charge in [0.2, 0.25) is 0 Å². The van der Waals surface area contributed by atoms with Gasteiger partial charge in [0.05, 0.1) is 18.9 Å². The van der Waals surface area contributed by atoms with Gasteiger partial charge in [-0.25, -0.2) is 0 Å². The van der Waals surface area contributed by atoms with Gasteiger partial charge < -0.3 is 19.8 Å². The molecule has 2 N–H and O–H groups in total. The predicted molar refractivity (Wildman–Crippen MR) is 113 cm³/mol.